The van der Waals surface area contributed by atoms with Crippen molar-refractivity contribution in [3.05, 3.63) is 21.9 Å². The average Bonchev–Trinajstić information content (AvgIpc) is 3.08. The molecule has 1 aliphatic carbocycles. The molecule has 0 saturated carbocycles. The minimum atomic E-state index is -0.729. The molecule has 0 aromatic carbocycles. The number of carboxylic acids is 1. The number of hydrogen-bond donors (Lipinski definition) is 1. The molecule has 4 nitrogen and oxygen atoms in total. The fourth-order valence-corrected chi connectivity index (χ4v) is 4.58. The van der Waals surface area contributed by atoms with E-state index in [1.54, 1.807) is 0 Å². The number of aryl methyl sites for hydroxylation is 1. The third-order valence-corrected chi connectivity index (χ3v) is 5.58. The molecular weight excluding hydrogens is 274 g/mol. The summed E-state index contributed by atoms with van der Waals surface area (Å²) in [6.45, 7) is 3.89. The van der Waals surface area contributed by atoms with Gasteiger partial charge in [-0.25, -0.2) is 0 Å². The number of ether oxygens (including phenoxy) is 1. The zero-order chi connectivity index (χ0) is 14.1. The first kappa shape index (κ1) is 14.0. The van der Waals surface area contributed by atoms with Crippen molar-refractivity contribution in [2.75, 3.05) is 19.8 Å². The van der Waals surface area contributed by atoms with Gasteiger partial charge in [-0.3, -0.25) is 9.69 Å². The van der Waals surface area contributed by atoms with Crippen LogP contribution in [-0.2, 0) is 16.0 Å². The number of hydrogen-bond acceptors (Lipinski definition) is 4. The van der Waals surface area contributed by atoms with Crippen LogP contribution in [0.3, 0.4) is 0 Å². The van der Waals surface area contributed by atoms with E-state index in [-0.39, 0.29) is 12.0 Å². The Morgan fingerprint density at radius 3 is 3.15 bits per heavy atom. The Kier molecular flexibility index (Phi) is 4.10. The smallest absolute Gasteiger partial charge is 0.310 e. The van der Waals surface area contributed by atoms with Gasteiger partial charge < -0.3 is 9.84 Å². The summed E-state index contributed by atoms with van der Waals surface area (Å²) in [5.41, 5.74) is 1.42. The highest BCUT2D eigenvalue weighted by molar-refractivity contribution is 7.10. The lowest BCUT2D eigenvalue weighted by molar-refractivity contribution is -0.143. The number of fused-ring (bicyclic) bond motifs is 1. The molecule has 1 aromatic heterocycles. The Hall–Kier alpha value is -0.910. The number of thiophene rings is 1. The molecule has 2 aliphatic rings. The van der Waals surface area contributed by atoms with Gasteiger partial charge in [0.1, 0.15) is 0 Å². The second-order valence-electron chi connectivity index (χ2n) is 5.59. The Bertz CT molecular complexity index is 487. The van der Waals surface area contributed by atoms with E-state index in [0.717, 1.165) is 13.0 Å². The minimum Gasteiger partial charge on any atom is -0.481 e. The van der Waals surface area contributed by atoms with E-state index in [2.05, 4.69) is 23.3 Å². The summed E-state index contributed by atoms with van der Waals surface area (Å²) in [7, 11) is 0. The third-order valence-electron chi connectivity index (χ3n) is 4.58. The monoisotopic (exact) mass is 295 g/mol. The average molecular weight is 295 g/mol. The predicted molar refractivity (Wildman–Crippen MR) is 78.1 cm³/mol. The van der Waals surface area contributed by atoms with E-state index in [1.165, 1.54) is 23.3 Å². The number of rotatable bonds is 4. The topological polar surface area (TPSA) is 49.8 Å². The van der Waals surface area contributed by atoms with Crippen molar-refractivity contribution in [2.45, 2.75) is 38.3 Å². The van der Waals surface area contributed by atoms with E-state index < -0.39 is 5.97 Å². The summed E-state index contributed by atoms with van der Waals surface area (Å²) < 4.78 is 5.45. The fourth-order valence-electron chi connectivity index (χ4n) is 3.60. The molecule has 1 aromatic rings. The molecule has 5 heteroatoms. The molecule has 1 aliphatic heterocycles. The van der Waals surface area contributed by atoms with E-state index in [9.17, 15) is 9.90 Å². The van der Waals surface area contributed by atoms with Crippen LogP contribution < -0.4 is 0 Å². The Balaban J connectivity index is 1.86. The third kappa shape index (κ3) is 2.38. The molecule has 0 bridgehead atoms. The maximum Gasteiger partial charge on any atom is 0.310 e. The quantitative estimate of drug-likeness (QED) is 0.927. The van der Waals surface area contributed by atoms with Crippen molar-refractivity contribution in [2.24, 2.45) is 5.92 Å². The highest BCUT2D eigenvalue weighted by Gasteiger charge is 2.41. The van der Waals surface area contributed by atoms with Gasteiger partial charge in [-0.05, 0) is 42.8 Å². The van der Waals surface area contributed by atoms with E-state index in [1.807, 2.05) is 11.3 Å². The molecule has 1 saturated heterocycles. The van der Waals surface area contributed by atoms with Gasteiger partial charge in [0.05, 0.1) is 19.1 Å². The predicted octanol–water partition coefficient (Wildman–Crippen LogP) is 2.55. The van der Waals surface area contributed by atoms with E-state index in [0.29, 0.717) is 19.3 Å². The molecule has 3 atom stereocenters. The highest BCUT2D eigenvalue weighted by Crippen LogP contribution is 2.39. The van der Waals surface area contributed by atoms with Gasteiger partial charge in [-0.15, -0.1) is 11.3 Å². The Morgan fingerprint density at radius 2 is 2.40 bits per heavy atom. The van der Waals surface area contributed by atoms with Gasteiger partial charge in [0.25, 0.3) is 0 Å². The van der Waals surface area contributed by atoms with Crippen LogP contribution in [0.5, 0.6) is 0 Å². The van der Waals surface area contributed by atoms with Crippen LogP contribution in [0, 0.1) is 5.92 Å². The summed E-state index contributed by atoms with van der Waals surface area (Å²) >= 11 is 1.83. The van der Waals surface area contributed by atoms with Crippen LogP contribution >= 0.6 is 11.3 Å². The summed E-state index contributed by atoms with van der Waals surface area (Å²) in [6, 6.07) is 2.59. The first-order valence-electron chi connectivity index (χ1n) is 7.35. The lowest BCUT2D eigenvalue weighted by atomic mass is 9.90. The summed E-state index contributed by atoms with van der Waals surface area (Å²) in [5, 5.41) is 11.5. The van der Waals surface area contributed by atoms with Gasteiger partial charge in [-0.1, -0.05) is 6.92 Å². The SMILES string of the molecule is CCN(C1CCCc2sccc21)C1COCC1C(=O)O. The van der Waals surface area contributed by atoms with Crippen molar-refractivity contribution in [3.63, 3.8) is 0 Å². The first-order valence-corrected chi connectivity index (χ1v) is 8.23. The minimum absolute atomic E-state index is 0.00773. The normalized spacial score (nSPS) is 29.6. The zero-order valence-electron chi connectivity index (χ0n) is 11.7. The van der Waals surface area contributed by atoms with Crippen LogP contribution in [0.2, 0.25) is 0 Å². The van der Waals surface area contributed by atoms with Crippen molar-refractivity contribution < 1.29 is 14.6 Å². The number of carboxylic acid groups (broad SMARTS) is 1. The molecule has 1 fully saturated rings. The molecule has 110 valence electrons. The largest absolute Gasteiger partial charge is 0.481 e. The van der Waals surface area contributed by atoms with Crippen molar-refractivity contribution in [1.29, 1.82) is 0 Å². The molecule has 1 N–H and O–H groups in total. The van der Waals surface area contributed by atoms with Gasteiger partial charge in [-0.2, -0.15) is 0 Å². The molecule has 3 rings (SSSR count). The number of nitrogens with zero attached hydrogens (tertiary/aromatic N) is 1. The maximum absolute atomic E-state index is 11.4. The van der Waals surface area contributed by atoms with Crippen molar-refractivity contribution >= 4 is 17.3 Å². The van der Waals surface area contributed by atoms with Gasteiger partial charge in [0.15, 0.2) is 0 Å². The molecule has 2 heterocycles. The van der Waals surface area contributed by atoms with Crippen molar-refractivity contribution in [1.82, 2.24) is 4.90 Å². The fraction of sp³-hybridized carbons (Fsp3) is 0.667. The molecule has 20 heavy (non-hydrogen) atoms. The molecule has 0 radical (unpaired) electrons. The highest BCUT2D eigenvalue weighted by atomic mass is 32.1. The van der Waals surface area contributed by atoms with Crippen molar-refractivity contribution in [3.8, 4) is 0 Å². The summed E-state index contributed by atoms with van der Waals surface area (Å²) in [4.78, 5) is 15.2. The van der Waals surface area contributed by atoms with Crippen LogP contribution in [0.15, 0.2) is 11.4 Å². The Labute approximate surface area is 123 Å². The number of likely N-dealkylation sites (N-methyl/N-ethyl adjacent to an activating group) is 1. The van der Waals surface area contributed by atoms with Crippen LogP contribution in [0.25, 0.3) is 0 Å². The summed E-state index contributed by atoms with van der Waals surface area (Å²) in [5.74, 6) is -1.12. The first-order chi connectivity index (χ1) is 9.72. The van der Waals surface area contributed by atoms with Gasteiger partial charge >= 0.3 is 5.97 Å². The second-order valence-corrected chi connectivity index (χ2v) is 6.59. The van der Waals surface area contributed by atoms with E-state index in [4.69, 9.17) is 4.74 Å². The second kappa shape index (κ2) is 5.84. The standard InChI is InChI=1S/C15H21NO3S/c1-2-16(13-9-19-8-11(13)15(17)18)12-4-3-5-14-10(12)6-7-20-14/h6-7,11-13H,2-5,8-9H2,1H3,(H,17,18). The number of carbonyl (C=O) groups is 1. The van der Waals surface area contributed by atoms with Gasteiger partial charge in [0.2, 0.25) is 0 Å². The zero-order valence-corrected chi connectivity index (χ0v) is 12.6. The molecule has 0 spiro atoms. The lowest BCUT2D eigenvalue weighted by Crippen LogP contribution is -2.45. The summed E-state index contributed by atoms with van der Waals surface area (Å²) in [6.07, 6.45) is 3.49. The maximum atomic E-state index is 11.4. The van der Waals surface area contributed by atoms with Gasteiger partial charge in [0, 0.05) is 17.0 Å². The van der Waals surface area contributed by atoms with Crippen LogP contribution in [0.1, 0.15) is 36.2 Å². The van der Waals surface area contributed by atoms with Crippen LogP contribution in [0.4, 0.5) is 0 Å². The molecule has 3 unspecified atom stereocenters. The lowest BCUT2D eigenvalue weighted by Gasteiger charge is -2.38. The van der Waals surface area contributed by atoms with E-state index >= 15 is 0 Å². The number of aliphatic carboxylic acids is 1. The molecular formula is C15H21NO3S. The Morgan fingerprint density at radius 1 is 1.55 bits per heavy atom. The molecule has 0 amide bonds. The van der Waals surface area contributed by atoms with Crippen LogP contribution in [-0.4, -0.2) is 41.8 Å².